The second-order valence-corrected chi connectivity index (χ2v) is 9.38. The Kier molecular flexibility index (Phi) is 6.93. The second kappa shape index (κ2) is 9.84. The van der Waals surface area contributed by atoms with Gasteiger partial charge < -0.3 is 5.32 Å². The van der Waals surface area contributed by atoms with Crippen molar-refractivity contribution in [2.75, 3.05) is 5.32 Å². The van der Waals surface area contributed by atoms with E-state index in [-0.39, 0.29) is 5.91 Å². The van der Waals surface area contributed by atoms with Crippen molar-refractivity contribution in [3.8, 4) is 0 Å². The summed E-state index contributed by atoms with van der Waals surface area (Å²) in [5.74, 6) is -0.685. The predicted octanol–water partition coefficient (Wildman–Crippen LogP) is 7.46. The summed E-state index contributed by atoms with van der Waals surface area (Å²) in [6.07, 6.45) is 2.51. The highest BCUT2D eigenvalue weighted by atomic mass is 35.5. The third kappa shape index (κ3) is 5.66. The average Bonchev–Trinajstić information content (AvgIpc) is 3.19. The summed E-state index contributed by atoms with van der Waals surface area (Å²) >= 11 is 19.5. The summed E-state index contributed by atoms with van der Waals surface area (Å²) in [7, 11) is 0. The van der Waals surface area contributed by atoms with Gasteiger partial charge in [0, 0.05) is 32.6 Å². The van der Waals surface area contributed by atoms with E-state index in [1.165, 1.54) is 11.3 Å². The number of nitrogens with one attached hydrogen (secondary N) is 1. The van der Waals surface area contributed by atoms with Gasteiger partial charge in [0.2, 0.25) is 5.91 Å². The molecule has 31 heavy (non-hydrogen) atoms. The summed E-state index contributed by atoms with van der Waals surface area (Å²) < 4.78 is 0. The smallest absolute Gasteiger partial charge is 0.238 e. The van der Waals surface area contributed by atoms with Gasteiger partial charge in [0.1, 0.15) is 0 Å². The maximum absolute atomic E-state index is 13.3. The Morgan fingerprint density at radius 3 is 1.81 bits per heavy atom. The lowest BCUT2D eigenvalue weighted by atomic mass is 9.90. The molecule has 4 aromatic rings. The van der Waals surface area contributed by atoms with Gasteiger partial charge in [-0.05, 0) is 53.1 Å². The van der Waals surface area contributed by atoms with E-state index in [0.717, 1.165) is 28.0 Å². The number of benzene rings is 3. The van der Waals surface area contributed by atoms with Gasteiger partial charge in [-0.3, -0.25) is 4.79 Å². The Balaban J connectivity index is 1.55. The summed E-state index contributed by atoms with van der Waals surface area (Å²) in [4.78, 5) is 18.7. The van der Waals surface area contributed by atoms with Crippen molar-refractivity contribution in [3.63, 3.8) is 0 Å². The van der Waals surface area contributed by atoms with Crippen LogP contribution in [0.15, 0.2) is 79.0 Å². The Morgan fingerprint density at radius 2 is 1.29 bits per heavy atom. The number of hydrogen-bond acceptors (Lipinski definition) is 3. The minimum absolute atomic E-state index is 0.169. The van der Waals surface area contributed by atoms with E-state index in [9.17, 15) is 4.79 Å². The topological polar surface area (TPSA) is 42.0 Å². The van der Waals surface area contributed by atoms with E-state index in [1.807, 2.05) is 48.5 Å². The number of anilines is 1. The van der Waals surface area contributed by atoms with Crippen molar-refractivity contribution in [2.45, 2.75) is 12.3 Å². The van der Waals surface area contributed by atoms with Crippen LogP contribution in [0.4, 0.5) is 5.13 Å². The Hall–Kier alpha value is -2.37. The van der Waals surface area contributed by atoms with Crippen LogP contribution in [-0.2, 0) is 11.2 Å². The molecule has 1 aromatic heterocycles. The van der Waals surface area contributed by atoms with Crippen LogP contribution in [0.3, 0.4) is 0 Å². The normalized spacial score (nSPS) is 11.0. The third-order valence-corrected chi connectivity index (χ3v) is 6.41. The van der Waals surface area contributed by atoms with Crippen LogP contribution >= 0.6 is 46.1 Å². The standard InChI is InChI=1S/C24H17Cl3N2OS/c25-18-7-1-15(2-8-18)13-21-14-28-24(31-21)29-23(30)22(16-3-9-19(26)10-4-16)17-5-11-20(27)12-6-17/h1-12,14,22H,13H2,(H,28,29,30). The van der Waals surface area contributed by atoms with E-state index in [4.69, 9.17) is 34.8 Å². The molecule has 1 heterocycles. The lowest BCUT2D eigenvalue weighted by Crippen LogP contribution is -2.22. The summed E-state index contributed by atoms with van der Waals surface area (Å²) in [5, 5.41) is 5.46. The molecule has 7 heteroatoms. The predicted molar refractivity (Wildman–Crippen MR) is 130 cm³/mol. The number of aromatic nitrogens is 1. The zero-order valence-electron chi connectivity index (χ0n) is 16.2. The average molecular weight is 488 g/mol. The number of carbonyl (C=O) groups excluding carboxylic acids is 1. The molecule has 1 amide bonds. The number of rotatable bonds is 6. The molecule has 0 spiro atoms. The van der Waals surface area contributed by atoms with E-state index >= 15 is 0 Å². The maximum Gasteiger partial charge on any atom is 0.238 e. The molecular weight excluding hydrogens is 471 g/mol. The summed E-state index contributed by atoms with van der Waals surface area (Å²) in [6, 6.07) is 22.2. The zero-order chi connectivity index (χ0) is 21.8. The molecule has 0 atom stereocenters. The van der Waals surface area contributed by atoms with Crippen LogP contribution in [0, 0.1) is 0 Å². The van der Waals surface area contributed by atoms with Gasteiger partial charge >= 0.3 is 0 Å². The minimum atomic E-state index is -0.516. The molecule has 0 unspecified atom stereocenters. The molecule has 0 fully saturated rings. The third-order valence-electron chi connectivity index (χ3n) is 4.74. The molecule has 156 valence electrons. The van der Waals surface area contributed by atoms with Gasteiger partial charge in [-0.25, -0.2) is 4.98 Å². The highest BCUT2D eigenvalue weighted by molar-refractivity contribution is 7.15. The molecule has 0 saturated carbocycles. The minimum Gasteiger partial charge on any atom is -0.301 e. The summed E-state index contributed by atoms with van der Waals surface area (Å²) in [5.41, 5.74) is 2.80. The Bertz CT molecular complexity index is 1130. The number of halogens is 3. The quantitative estimate of drug-likeness (QED) is 0.306. The zero-order valence-corrected chi connectivity index (χ0v) is 19.3. The monoisotopic (exact) mass is 486 g/mol. The van der Waals surface area contributed by atoms with E-state index in [2.05, 4.69) is 10.3 Å². The highest BCUT2D eigenvalue weighted by Gasteiger charge is 2.24. The number of amides is 1. The van der Waals surface area contributed by atoms with E-state index in [1.54, 1.807) is 30.5 Å². The van der Waals surface area contributed by atoms with E-state index in [0.29, 0.717) is 20.2 Å². The first-order valence-corrected chi connectivity index (χ1v) is 11.4. The molecule has 0 radical (unpaired) electrons. The van der Waals surface area contributed by atoms with Crippen molar-refractivity contribution >= 4 is 57.2 Å². The number of carbonyl (C=O) groups is 1. The fourth-order valence-electron chi connectivity index (χ4n) is 3.23. The van der Waals surface area contributed by atoms with Crippen molar-refractivity contribution in [3.05, 3.63) is 116 Å². The van der Waals surface area contributed by atoms with Crippen LogP contribution in [0.25, 0.3) is 0 Å². The highest BCUT2D eigenvalue weighted by Crippen LogP contribution is 2.30. The molecule has 0 saturated heterocycles. The number of nitrogens with zero attached hydrogens (tertiary/aromatic N) is 1. The van der Waals surface area contributed by atoms with Crippen molar-refractivity contribution in [1.29, 1.82) is 0 Å². The Morgan fingerprint density at radius 1 is 0.806 bits per heavy atom. The van der Waals surface area contributed by atoms with Crippen LogP contribution in [-0.4, -0.2) is 10.9 Å². The molecule has 0 aliphatic rings. The lowest BCUT2D eigenvalue weighted by Gasteiger charge is -2.17. The number of hydrogen-bond donors (Lipinski definition) is 1. The van der Waals surface area contributed by atoms with Gasteiger partial charge in [-0.15, -0.1) is 11.3 Å². The van der Waals surface area contributed by atoms with Gasteiger partial charge in [0.25, 0.3) is 0 Å². The summed E-state index contributed by atoms with van der Waals surface area (Å²) in [6.45, 7) is 0. The van der Waals surface area contributed by atoms with Gasteiger partial charge in [-0.2, -0.15) is 0 Å². The van der Waals surface area contributed by atoms with Crippen LogP contribution in [0.5, 0.6) is 0 Å². The van der Waals surface area contributed by atoms with Crippen LogP contribution in [0.1, 0.15) is 27.5 Å². The van der Waals surface area contributed by atoms with Gasteiger partial charge in [0.05, 0.1) is 5.92 Å². The first-order chi connectivity index (χ1) is 15.0. The second-order valence-electron chi connectivity index (χ2n) is 6.96. The molecule has 1 N–H and O–H groups in total. The molecule has 3 nitrogen and oxygen atoms in total. The first-order valence-electron chi connectivity index (χ1n) is 9.49. The van der Waals surface area contributed by atoms with Gasteiger partial charge in [0.15, 0.2) is 5.13 Å². The van der Waals surface area contributed by atoms with Crippen molar-refractivity contribution in [2.24, 2.45) is 0 Å². The van der Waals surface area contributed by atoms with Crippen LogP contribution < -0.4 is 5.32 Å². The molecule has 3 aromatic carbocycles. The fourth-order valence-corrected chi connectivity index (χ4v) is 4.46. The number of thiazole rings is 1. The molecule has 0 bridgehead atoms. The van der Waals surface area contributed by atoms with Crippen molar-refractivity contribution in [1.82, 2.24) is 4.98 Å². The molecule has 4 rings (SSSR count). The molecule has 0 aliphatic carbocycles. The van der Waals surface area contributed by atoms with E-state index < -0.39 is 5.92 Å². The molecular formula is C24H17Cl3N2OS. The SMILES string of the molecule is O=C(Nc1ncc(Cc2ccc(Cl)cc2)s1)C(c1ccc(Cl)cc1)c1ccc(Cl)cc1. The lowest BCUT2D eigenvalue weighted by molar-refractivity contribution is -0.116. The van der Waals surface area contributed by atoms with Crippen molar-refractivity contribution < 1.29 is 4.79 Å². The Labute approximate surface area is 199 Å². The fraction of sp³-hybridized carbons (Fsp3) is 0.0833. The van der Waals surface area contributed by atoms with Gasteiger partial charge in [-0.1, -0.05) is 71.2 Å². The van der Waals surface area contributed by atoms with Crippen LogP contribution in [0.2, 0.25) is 15.1 Å². The maximum atomic E-state index is 13.3. The largest absolute Gasteiger partial charge is 0.301 e. The first kappa shape index (κ1) is 21.8. The molecule has 0 aliphatic heterocycles.